The summed E-state index contributed by atoms with van der Waals surface area (Å²) in [6, 6.07) is 1.88. The van der Waals surface area contributed by atoms with Crippen molar-refractivity contribution in [3.8, 4) is 0 Å². The van der Waals surface area contributed by atoms with E-state index in [1.54, 1.807) is 12.4 Å². The van der Waals surface area contributed by atoms with Crippen LogP contribution in [0.4, 0.5) is 0 Å². The third kappa shape index (κ3) is 3.96. The molecule has 164 valence electrons. The van der Waals surface area contributed by atoms with Crippen molar-refractivity contribution in [2.45, 2.75) is 51.2 Å². The Morgan fingerprint density at radius 3 is 2.74 bits per heavy atom. The van der Waals surface area contributed by atoms with Crippen LogP contribution in [-0.4, -0.2) is 56.7 Å². The first kappa shape index (κ1) is 20.2. The fourth-order valence-corrected chi connectivity index (χ4v) is 4.68. The minimum Gasteiger partial charge on any atom is -0.370 e. The number of piperidine rings is 1. The first-order chi connectivity index (χ1) is 14.9. The van der Waals surface area contributed by atoms with Gasteiger partial charge in [-0.1, -0.05) is 0 Å². The molecule has 8 heteroatoms. The minimum absolute atomic E-state index is 0.0256. The average molecular weight is 424 g/mol. The van der Waals surface area contributed by atoms with E-state index in [0.29, 0.717) is 36.9 Å². The standard InChI is InChI=1S/C23H29N5O3/c1-15-9-17(13-24-11-15)22(30)28-7-5-23(6-8-28)10-19-18(14-31-23)20(26-27(19)2)21(29)25-12-16-3-4-16/h9,11,13,16H,3-8,10,12,14H2,1-2H3,(H,25,29). The molecule has 1 N–H and O–H groups in total. The van der Waals surface area contributed by atoms with Gasteiger partial charge in [-0.25, -0.2) is 0 Å². The lowest BCUT2D eigenvalue weighted by Crippen LogP contribution is -2.50. The minimum atomic E-state index is -0.301. The number of nitrogens with one attached hydrogen (secondary N) is 1. The van der Waals surface area contributed by atoms with Gasteiger partial charge >= 0.3 is 0 Å². The van der Waals surface area contributed by atoms with Crippen molar-refractivity contribution >= 4 is 11.8 Å². The van der Waals surface area contributed by atoms with Crippen LogP contribution in [0.5, 0.6) is 0 Å². The zero-order valence-corrected chi connectivity index (χ0v) is 18.2. The van der Waals surface area contributed by atoms with Gasteiger partial charge in [0.15, 0.2) is 5.69 Å². The molecule has 2 aromatic rings. The van der Waals surface area contributed by atoms with Crippen molar-refractivity contribution in [3.63, 3.8) is 0 Å². The number of aryl methyl sites for hydroxylation is 2. The van der Waals surface area contributed by atoms with E-state index in [0.717, 1.165) is 42.6 Å². The molecular formula is C23H29N5O3. The average Bonchev–Trinajstić information content (AvgIpc) is 3.55. The third-order valence-corrected chi connectivity index (χ3v) is 6.83. The van der Waals surface area contributed by atoms with Gasteiger partial charge in [-0.3, -0.25) is 19.3 Å². The van der Waals surface area contributed by atoms with E-state index in [1.807, 2.05) is 29.6 Å². The van der Waals surface area contributed by atoms with Gasteiger partial charge in [-0.2, -0.15) is 5.10 Å². The molecule has 2 amide bonds. The number of carbonyl (C=O) groups excluding carboxylic acids is 2. The second-order valence-corrected chi connectivity index (χ2v) is 9.24. The van der Waals surface area contributed by atoms with E-state index in [-0.39, 0.29) is 17.4 Å². The molecule has 0 bridgehead atoms. The number of nitrogens with zero attached hydrogens (tertiary/aromatic N) is 4. The zero-order valence-electron chi connectivity index (χ0n) is 18.2. The number of fused-ring (bicyclic) bond motifs is 1. The van der Waals surface area contributed by atoms with E-state index < -0.39 is 0 Å². The summed E-state index contributed by atoms with van der Waals surface area (Å²) in [5, 5.41) is 7.53. The number of ether oxygens (including phenoxy) is 1. The van der Waals surface area contributed by atoms with E-state index in [9.17, 15) is 9.59 Å². The van der Waals surface area contributed by atoms with Crippen LogP contribution >= 0.6 is 0 Å². The van der Waals surface area contributed by atoms with Crippen molar-refractivity contribution in [3.05, 3.63) is 46.5 Å². The van der Waals surface area contributed by atoms with Crippen molar-refractivity contribution in [2.75, 3.05) is 19.6 Å². The van der Waals surface area contributed by atoms with Gasteiger partial charge in [-0.15, -0.1) is 0 Å². The molecule has 0 radical (unpaired) electrons. The molecule has 31 heavy (non-hydrogen) atoms. The number of pyridine rings is 1. The van der Waals surface area contributed by atoms with Crippen LogP contribution in [0.15, 0.2) is 18.5 Å². The predicted octanol–water partition coefficient (Wildman–Crippen LogP) is 2.01. The maximum Gasteiger partial charge on any atom is 0.272 e. The molecule has 0 aromatic carbocycles. The summed E-state index contributed by atoms with van der Waals surface area (Å²) in [6.45, 7) is 4.36. The molecule has 1 saturated heterocycles. The summed E-state index contributed by atoms with van der Waals surface area (Å²) in [4.78, 5) is 31.5. The van der Waals surface area contributed by atoms with E-state index in [2.05, 4.69) is 15.4 Å². The van der Waals surface area contributed by atoms with Gasteiger partial charge in [0.25, 0.3) is 11.8 Å². The fourth-order valence-electron chi connectivity index (χ4n) is 4.68. The van der Waals surface area contributed by atoms with Gasteiger partial charge in [0.2, 0.25) is 0 Å². The highest BCUT2D eigenvalue weighted by atomic mass is 16.5. The molecule has 2 aromatic heterocycles. The highest BCUT2D eigenvalue weighted by molar-refractivity contribution is 5.94. The number of carbonyl (C=O) groups is 2. The SMILES string of the molecule is Cc1cncc(C(=O)N2CCC3(CC2)Cc2c(c(C(=O)NCC4CC4)nn2C)CO3)c1. The smallest absolute Gasteiger partial charge is 0.272 e. The molecule has 8 nitrogen and oxygen atoms in total. The van der Waals surface area contributed by atoms with E-state index in [4.69, 9.17) is 4.74 Å². The quantitative estimate of drug-likeness (QED) is 0.813. The summed E-state index contributed by atoms with van der Waals surface area (Å²) in [7, 11) is 1.90. The van der Waals surface area contributed by atoms with Crippen LogP contribution in [0.1, 0.15) is 63.4 Å². The maximum absolute atomic E-state index is 12.9. The monoisotopic (exact) mass is 423 g/mol. The number of hydrogen-bond acceptors (Lipinski definition) is 5. The van der Waals surface area contributed by atoms with Crippen molar-refractivity contribution < 1.29 is 14.3 Å². The second-order valence-electron chi connectivity index (χ2n) is 9.24. The lowest BCUT2D eigenvalue weighted by molar-refractivity contribution is -0.0990. The Morgan fingerprint density at radius 2 is 2.03 bits per heavy atom. The van der Waals surface area contributed by atoms with Crippen LogP contribution in [-0.2, 0) is 24.8 Å². The fraction of sp³-hybridized carbons (Fsp3) is 0.565. The molecule has 1 spiro atoms. The van der Waals surface area contributed by atoms with Crippen LogP contribution < -0.4 is 5.32 Å². The second kappa shape index (κ2) is 7.75. The summed E-state index contributed by atoms with van der Waals surface area (Å²) < 4.78 is 8.18. The van der Waals surface area contributed by atoms with Gasteiger partial charge in [0, 0.05) is 56.8 Å². The zero-order chi connectivity index (χ0) is 21.6. The van der Waals surface area contributed by atoms with Crippen molar-refractivity contribution in [2.24, 2.45) is 13.0 Å². The van der Waals surface area contributed by atoms with E-state index in [1.165, 1.54) is 12.8 Å². The molecule has 2 aliphatic heterocycles. The van der Waals surface area contributed by atoms with Gasteiger partial charge in [-0.05, 0) is 50.2 Å². The normalized spacial score (nSPS) is 19.9. The van der Waals surface area contributed by atoms with Crippen molar-refractivity contribution in [1.29, 1.82) is 0 Å². The van der Waals surface area contributed by atoms with Crippen LogP contribution in [0.25, 0.3) is 0 Å². The molecule has 2 fully saturated rings. The first-order valence-electron chi connectivity index (χ1n) is 11.1. The lowest BCUT2D eigenvalue weighted by Gasteiger charge is -2.43. The predicted molar refractivity (Wildman–Crippen MR) is 114 cm³/mol. The first-order valence-corrected chi connectivity index (χ1v) is 11.1. The Hall–Kier alpha value is -2.74. The summed E-state index contributed by atoms with van der Waals surface area (Å²) in [5.41, 5.74) is 3.79. The number of aromatic nitrogens is 3. The topological polar surface area (TPSA) is 89.4 Å². The van der Waals surface area contributed by atoms with Gasteiger partial charge in [0.1, 0.15) is 0 Å². The number of likely N-dealkylation sites (tertiary alicyclic amines) is 1. The Labute approximate surface area is 182 Å². The Morgan fingerprint density at radius 1 is 1.26 bits per heavy atom. The van der Waals surface area contributed by atoms with E-state index >= 15 is 0 Å². The number of amides is 2. The lowest BCUT2D eigenvalue weighted by atomic mass is 9.83. The largest absolute Gasteiger partial charge is 0.370 e. The summed E-state index contributed by atoms with van der Waals surface area (Å²) in [6.07, 6.45) is 8.05. The van der Waals surface area contributed by atoms with Gasteiger partial charge < -0.3 is 15.0 Å². The highest BCUT2D eigenvalue weighted by Crippen LogP contribution is 2.37. The molecule has 4 heterocycles. The molecular weight excluding hydrogens is 394 g/mol. The molecule has 1 aliphatic carbocycles. The van der Waals surface area contributed by atoms with Crippen LogP contribution in [0.3, 0.4) is 0 Å². The highest BCUT2D eigenvalue weighted by Gasteiger charge is 2.42. The Balaban J connectivity index is 1.25. The Bertz CT molecular complexity index is 1020. The van der Waals surface area contributed by atoms with Crippen LogP contribution in [0, 0.1) is 12.8 Å². The molecule has 3 aliphatic rings. The van der Waals surface area contributed by atoms with Gasteiger partial charge in [0.05, 0.1) is 17.8 Å². The summed E-state index contributed by atoms with van der Waals surface area (Å²) in [5.74, 6) is 0.555. The number of rotatable bonds is 4. The maximum atomic E-state index is 12.9. The van der Waals surface area contributed by atoms with Crippen molar-refractivity contribution in [1.82, 2.24) is 25.0 Å². The number of hydrogen-bond donors (Lipinski definition) is 1. The molecule has 0 atom stereocenters. The molecule has 5 rings (SSSR count). The molecule has 1 saturated carbocycles. The summed E-state index contributed by atoms with van der Waals surface area (Å²) >= 11 is 0. The van der Waals surface area contributed by atoms with Crippen LogP contribution in [0.2, 0.25) is 0 Å². The molecule has 0 unspecified atom stereocenters. The Kier molecular flexibility index (Phi) is 5.04. The third-order valence-electron chi connectivity index (χ3n) is 6.83.